The van der Waals surface area contributed by atoms with Crippen molar-refractivity contribution < 1.29 is 13.2 Å². The van der Waals surface area contributed by atoms with Crippen LogP contribution in [0.2, 0.25) is 10.0 Å². The maximum absolute atomic E-state index is 12.9. The van der Waals surface area contributed by atoms with Crippen LogP contribution in [-0.4, -0.2) is 31.7 Å². The smallest absolute Gasteiger partial charge is 0.246 e. The number of rotatable bonds is 4. The van der Waals surface area contributed by atoms with E-state index in [1.54, 1.807) is 0 Å². The molecule has 2 aromatic carbocycles. The third-order valence-electron chi connectivity index (χ3n) is 4.43. The maximum atomic E-state index is 12.9. The first-order valence-electron chi connectivity index (χ1n) is 8.29. The van der Waals surface area contributed by atoms with Gasteiger partial charge in [0, 0.05) is 29.2 Å². The normalized spacial score (nSPS) is 16.3. The van der Waals surface area contributed by atoms with E-state index >= 15 is 0 Å². The zero-order valence-electron chi connectivity index (χ0n) is 14.2. The number of anilines is 1. The van der Waals surface area contributed by atoms with Gasteiger partial charge in [-0.2, -0.15) is 4.31 Å². The lowest BCUT2D eigenvalue weighted by Gasteiger charge is -2.31. The number of halogens is 3. The molecule has 1 heterocycles. The zero-order chi connectivity index (χ0) is 19.6. The molecule has 1 amide bonds. The van der Waals surface area contributed by atoms with Crippen LogP contribution < -0.4 is 5.32 Å². The minimum absolute atomic E-state index is 0.0679. The van der Waals surface area contributed by atoms with Crippen LogP contribution in [0.5, 0.6) is 0 Å². The predicted octanol–water partition coefficient (Wildman–Crippen LogP) is 4.80. The molecule has 0 unspecified atom stereocenters. The minimum atomic E-state index is -3.83. The summed E-state index contributed by atoms with van der Waals surface area (Å²) in [5.41, 5.74) is 0.728. The van der Waals surface area contributed by atoms with E-state index in [2.05, 4.69) is 21.2 Å². The molecule has 0 saturated carbocycles. The Labute approximate surface area is 176 Å². The lowest BCUT2D eigenvalue weighted by molar-refractivity contribution is -0.120. The summed E-state index contributed by atoms with van der Waals surface area (Å²) in [7, 11) is -3.83. The van der Waals surface area contributed by atoms with Crippen LogP contribution in [0.3, 0.4) is 0 Å². The van der Waals surface area contributed by atoms with Crippen molar-refractivity contribution >= 4 is 60.7 Å². The molecule has 0 spiro atoms. The molecule has 0 radical (unpaired) electrons. The van der Waals surface area contributed by atoms with E-state index in [0.29, 0.717) is 17.3 Å². The number of sulfonamides is 1. The first-order chi connectivity index (χ1) is 12.8. The molecule has 1 N–H and O–H groups in total. The quantitative estimate of drug-likeness (QED) is 0.668. The third-order valence-corrected chi connectivity index (χ3v) is 7.71. The van der Waals surface area contributed by atoms with E-state index in [1.165, 1.54) is 16.4 Å². The zero-order valence-corrected chi connectivity index (χ0v) is 18.1. The Morgan fingerprint density at radius 3 is 2.19 bits per heavy atom. The summed E-state index contributed by atoms with van der Waals surface area (Å²) in [6.45, 7) is 0.468. The molecule has 1 fully saturated rings. The summed E-state index contributed by atoms with van der Waals surface area (Å²) in [6, 6.07) is 12.2. The van der Waals surface area contributed by atoms with Gasteiger partial charge in [0.25, 0.3) is 0 Å². The molecule has 2 aromatic rings. The number of benzene rings is 2. The average molecular weight is 492 g/mol. The van der Waals surface area contributed by atoms with Gasteiger partial charge < -0.3 is 5.32 Å². The molecule has 0 aromatic heterocycles. The van der Waals surface area contributed by atoms with Crippen LogP contribution in [0.25, 0.3) is 0 Å². The Hall–Kier alpha value is -1.12. The molecule has 1 aliphatic heterocycles. The standard InChI is InChI=1S/C18H17BrCl2N2O3S/c19-13-10-15(20)17(16(21)11-13)27(25,26)23-8-6-12(7-9-23)18(24)22-14-4-2-1-3-5-14/h1-5,10-12H,6-9H2,(H,22,24). The topological polar surface area (TPSA) is 66.5 Å². The lowest BCUT2D eigenvalue weighted by atomic mass is 9.97. The molecule has 0 atom stereocenters. The van der Waals surface area contributed by atoms with Crippen LogP contribution in [0.15, 0.2) is 51.8 Å². The second-order valence-electron chi connectivity index (χ2n) is 6.23. The average Bonchev–Trinajstić information content (AvgIpc) is 2.61. The van der Waals surface area contributed by atoms with Crippen molar-refractivity contribution in [3.8, 4) is 0 Å². The summed E-state index contributed by atoms with van der Waals surface area (Å²) in [5.74, 6) is -0.342. The van der Waals surface area contributed by atoms with E-state index in [1.807, 2.05) is 30.3 Å². The fourth-order valence-electron chi connectivity index (χ4n) is 3.03. The molecule has 5 nitrogen and oxygen atoms in total. The van der Waals surface area contributed by atoms with E-state index in [-0.39, 0.29) is 39.9 Å². The number of carbonyl (C=O) groups is 1. The second-order valence-corrected chi connectivity index (χ2v) is 9.84. The molecule has 0 aliphatic carbocycles. The Morgan fingerprint density at radius 1 is 1.07 bits per heavy atom. The largest absolute Gasteiger partial charge is 0.326 e. The van der Waals surface area contributed by atoms with Gasteiger partial charge in [-0.1, -0.05) is 57.3 Å². The summed E-state index contributed by atoms with van der Waals surface area (Å²) in [6.07, 6.45) is 0.868. The van der Waals surface area contributed by atoms with E-state index < -0.39 is 10.0 Å². The van der Waals surface area contributed by atoms with Gasteiger partial charge in [0.2, 0.25) is 15.9 Å². The highest BCUT2D eigenvalue weighted by Gasteiger charge is 2.34. The van der Waals surface area contributed by atoms with Crippen LogP contribution in [0, 0.1) is 5.92 Å². The molecule has 0 bridgehead atoms. The van der Waals surface area contributed by atoms with Crippen molar-refractivity contribution in [3.63, 3.8) is 0 Å². The summed E-state index contributed by atoms with van der Waals surface area (Å²) < 4.78 is 27.8. The Bertz CT molecular complexity index is 923. The minimum Gasteiger partial charge on any atom is -0.326 e. The molecule has 27 heavy (non-hydrogen) atoms. The van der Waals surface area contributed by atoms with Gasteiger partial charge in [-0.15, -0.1) is 0 Å². The van der Waals surface area contributed by atoms with Crippen LogP contribution in [-0.2, 0) is 14.8 Å². The molecule has 9 heteroatoms. The molecular formula is C18H17BrCl2N2O3S. The lowest BCUT2D eigenvalue weighted by Crippen LogP contribution is -2.41. The highest BCUT2D eigenvalue weighted by Crippen LogP contribution is 2.36. The van der Waals surface area contributed by atoms with E-state index in [0.717, 1.165) is 5.69 Å². The molecule has 3 rings (SSSR count). The van der Waals surface area contributed by atoms with E-state index in [9.17, 15) is 13.2 Å². The van der Waals surface area contributed by atoms with Gasteiger partial charge >= 0.3 is 0 Å². The van der Waals surface area contributed by atoms with Gasteiger partial charge in [-0.3, -0.25) is 4.79 Å². The number of nitrogens with one attached hydrogen (secondary N) is 1. The highest BCUT2D eigenvalue weighted by molar-refractivity contribution is 9.10. The van der Waals surface area contributed by atoms with Crippen LogP contribution in [0.4, 0.5) is 5.69 Å². The molecular weight excluding hydrogens is 475 g/mol. The fourth-order valence-corrected chi connectivity index (χ4v) is 6.38. The number of carbonyl (C=O) groups excluding carboxylic acids is 1. The van der Waals surface area contributed by atoms with Crippen molar-refractivity contribution in [1.29, 1.82) is 0 Å². The monoisotopic (exact) mass is 490 g/mol. The van der Waals surface area contributed by atoms with Crippen molar-refractivity contribution in [2.24, 2.45) is 5.92 Å². The fraction of sp³-hybridized carbons (Fsp3) is 0.278. The van der Waals surface area contributed by atoms with Gasteiger partial charge in [0.05, 0.1) is 10.0 Å². The van der Waals surface area contributed by atoms with Crippen molar-refractivity contribution in [1.82, 2.24) is 4.31 Å². The number of para-hydroxylation sites is 1. The Balaban J connectivity index is 1.69. The third kappa shape index (κ3) is 4.66. The Morgan fingerprint density at radius 2 is 1.63 bits per heavy atom. The number of hydrogen-bond donors (Lipinski definition) is 1. The number of piperidine rings is 1. The predicted molar refractivity (Wildman–Crippen MR) is 111 cm³/mol. The van der Waals surface area contributed by atoms with E-state index in [4.69, 9.17) is 23.2 Å². The van der Waals surface area contributed by atoms with Crippen molar-refractivity contribution in [2.45, 2.75) is 17.7 Å². The summed E-state index contributed by atoms with van der Waals surface area (Å²) in [5, 5.41) is 3.00. The van der Waals surface area contributed by atoms with Crippen molar-refractivity contribution in [3.05, 3.63) is 57.0 Å². The molecule has 1 aliphatic rings. The molecule has 1 saturated heterocycles. The highest BCUT2D eigenvalue weighted by atomic mass is 79.9. The SMILES string of the molecule is O=C(Nc1ccccc1)C1CCN(S(=O)(=O)c2c(Cl)cc(Br)cc2Cl)CC1. The summed E-state index contributed by atoms with van der Waals surface area (Å²) >= 11 is 15.5. The first kappa shape index (κ1) is 20.6. The van der Waals surface area contributed by atoms with Gasteiger partial charge in [-0.25, -0.2) is 8.42 Å². The first-order valence-corrected chi connectivity index (χ1v) is 11.3. The maximum Gasteiger partial charge on any atom is 0.246 e. The number of nitrogens with zero attached hydrogens (tertiary/aromatic N) is 1. The van der Waals surface area contributed by atoms with Gasteiger partial charge in [0.15, 0.2) is 0 Å². The molecule has 144 valence electrons. The van der Waals surface area contributed by atoms with Crippen molar-refractivity contribution in [2.75, 3.05) is 18.4 Å². The van der Waals surface area contributed by atoms with Crippen LogP contribution >= 0.6 is 39.1 Å². The number of hydrogen-bond acceptors (Lipinski definition) is 3. The van der Waals surface area contributed by atoms with Crippen LogP contribution in [0.1, 0.15) is 12.8 Å². The number of amides is 1. The van der Waals surface area contributed by atoms with Gasteiger partial charge in [0.1, 0.15) is 4.90 Å². The second kappa shape index (κ2) is 8.49. The Kier molecular flexibility index (Phi) is 6.48. The summed E-state index contributed by atoms with van der Waals surface area (Å²) in [4.78, 5) is 12.3. The van der Waals surface area contributed by atoms with Gasteiger partial charge in [-0.05, 0) is 37.1 Å².